The van der Waals surface area contributed by atoms with Crippen LogP contribution in [0.3, 0.4) is 0 Å². The first-order valence-electron chi connectivity index (χ1n) is 8.60. The maximum absolute atomic E-state index is 12.5. The third-order valence-electron chi connectivity index (χ3n) is 4.65. The van der Waals surface area contributed by atoms with E-state index in [0.29, 0.717) is 5.69 Å². The highest BCUT2D eigenvalue weighted by atomic mass is 16.2. The molecule has 0 radical (unpaired) electrons. The van der Waals surface area contributed by atoms with E-state index < -0.39 is 5.91 Å². The molecule has 130 valence electrons. The summed E-state index contributed by atoms with van der Waals surface area (Å²) in [6.07, 6.45) is 0. The van der Waals surface area contributed by atoms with E-state index in [1.165, 1.54) is 5.52 Å². The number of aryl methyl sites for hydroxylation is 2. The van der Waals surface area contributed by atoms with Crippen molar-refractivity contribution in [3.05, 3.63) is 76.2 Å². The zero-order valence-corrected chi connectivity index (χ0v) is 14.7. The molecule has 26 heavy (non-hydrogen) atoms. The van der Waals surface area contributed by atoms with Gasteiger partial charge >= 0.3 is 0 Å². The maximum atomic E-state index is 12.5. The quantitative estimate of drug-likeness (QED) is 0.588. The van der Waals surface area contributed by atoms with Gasteiger partial charge in [0.25, 0.3) is 11.5 Å². The van der Waals surface area contributed by atoms with Gasteiger partial charge in [0.05, 0.1) is 0 Å². The zero-order chi connectivity index (χ0) is 18.3. The Labute approximate surface area is 150 Å². The Bertz CT molecular complexity index is 1200. The number of carbonyl (C=O) groups is 1. The number of fused-ring (bicyclic) bond motifs is 3. The SMILES string of the molecule is CCn1c2ccccc2c2cc(NC(=O)c3ccc(C)[nH]c3=O)ccc21. The molecule has 0 bridgehead atoms. The monoisotopic (exact) mass is 345 g/mol. The summed E-state index contributed by atoms with van der Waals surface area (Å²) >= 11 is 0. The second-order valence-electron chi connectivity index (χ2n) is 6.33. The Morgan fingerprint density at radius 1 is 1.04 bits per heavy atom. The largest absolute Gasteiger partial charge is 0.341 e. The Morgan fingerprint density at radius 2 is 1.81 bits per heavy atom. The maximum Gasteiger partial charge on any atom is 0.261 e. The summed E-state index contributed by atoms with van der Waals surface area (Å²) in [5, 5.41) is 5.06. The van der Waals surface area contributed by atoms with Crippen molar-refractivity contribution in [2.75, 3.05) is 5.32 Å². The van der Waals surface area contributed by atoms with E-state index in [4.69, 9.17) is 0 Å². The van der Waals surface area contributed by atoms with Crippen molar-refractivity contribution in [2.45, 2.75) is 20.4 Å². The fraction of sp³-hybridized carbons (Fsp3) is 0.143. The third kappa shape index (κ3) is 2.58. The van der Waals surface area contributed by atoms with Gasteiger partial charge in [-0.1, -0.05) is 18.2 Å². The normalized spacial score (nSPS) is 11.2. The molecule has 0 unspecified atom stereocenters. The van der Waals surface area contributed by atoms with Gasteiger partial charge < -0.3 is 14.9 Å². The highest BCUT2D eigenvalue weighted by Crippen LogP contribution is 2.31. The highest BCUT2D eigenvalue weighted by Gasteiger charge is 2.13. The third-order valence-corrected chi connectivity index (χ3v) is 4.65. The predicted octanol–water partition coefficient (Wildman–Crippen LogP) is 4.06. The van der Waals surface area contributed by atoms with Crippen molar-refractivity contribution >= 4 is 33.4 Å². The lowest BCUT2D eigenvalue weighted by molar-refractivity contribution is 0.102. The summed E-state index contributed by atoms with van der Waals surface area (Å²) in [5.41, 5.74) is 3.41. The number of anilines is 1. The smallest absolute Gasteiger partial charge is 0.261 e. The van der Waals surface area contributed by atoms with Gasteiger partial charge in [-0.15, -0.1) is 0 Å². The van der Waals surface area contributed by atoms with Gasteiger partial charge in [-0.2, -0.15) is 0 Å². The van der Waals surface area contributed by atoms with Crippen LogP contribution in [0.15, 0.2) is 59.4 Å². The van der Waals surface area contributed by atoms with E-state index in [0.717, 1.165) is 28.5 Å². The topological polar surface area (TPSA) is 66.9 Å². The van der Waals surface area contributed by atoms with Crippen LogP contribution < -0.4 is 10.9 Å². The average molecular weight is 345 g/mol. The Balaban J connectivity index is 1.77. The molecule has 0 saturated carbocycles. The van der Waals surface area contributed by atoms with Crippen molar-refractivity contribution < 1.29 is 4.79 Å². The minimum Gasteiger partial charge on any atom is -0.341 e. The molecule has 0 aliphatic heterocycles. The fourth-order valence-corrected chi connectivity index (χ4v) is 3.42. The van der Waals surface area contributed by atoms with Crippen LogP contribution in [-0.2, 0) is 6.54 Å². The molecule has 0 aliphatic rings. The summed E-state index contributed by atoms with van der Waals surface area (Å²) in [6.45, 7) is 4.76. The second kappa shape index (κ2) is 6.19. The standard InChI is InChI=1S/C21H19N3O2/c1-3-24-18-7-5-4-6-15(18)17-12-14(9-11-19(17)24)23-21(26)16-10-8-13(2)22-20(16)25/h4-12H,3H2,1-2H3,(H,22,25)(H,23,26). The van der Waals surface area contributed by atoms with E-state index in [9.17, 15) is 9.59 Å². The molecule has 0 spiro atoms. The first-order chi connectivity index (χ1) is 12.6. The van der Waals surface area contributed by atoms with Crippen molar-refractivity contribution in [2.24, 2.45) is 0 Å². The lowest BCUT2D eigenvalue weighted by Gasteiger charge is -2.07. The Kier molecular flexibility index (Phi) is 3.84. The number of para-hydroxylation sites is 1. The summed E-state index contributed by atoms with van der Waals surface area (Å²) < 4.78 is 2.25. The van der Waals surface area contributed by atoms with Gasteiger partial charge in [-0.25, -0.2) is 0 Å². The van der Waals surface area contributed by atoms with Crippen LogP contribution in [0, 0.1) is 6.92 Å². The van der Waals surface area contributed by atoms with E-state index in [-0.39, 0.29) is 11.1 Å². The lowest BCUT2D eigenvalue weighted by atomic mass is 10.1. The number of pyridine rings is 1. The number of hydrogen-bond donors (Lipinski definition) is 2. The zero-order valence-electron chi connectivity index (χ0n) is 14.7. The predicted molar refractivity (Wildman–Crippen MR) is 105 cm³/mol. The molecule has 0 atom stereocenters. The molecule has 0 saturated heterocycles. The first-order valence-corrected chi connectivity index (χ1v) is 8.60. The number of H-pyrrole nitrogens is 1. The molecule has 0 aliphatic carbocycles. The van der Waals surface area contributed by atoms with Gasteiger partial charge in [-0.3, -0.25) is 9.59 Å². The van der Waals surface area contributed by atoms with Crippen molar-refractivity contribution in [1.82, 2.24) is 9.55 Å². The molecule has 5 heteroatoms. The van der Waals surface area contributed by atoms with Crippen LogP contribution in [0.1, 0.15) is 23.0 Å². The van der Waals surface area contributed by atoms with Gasteiger partial charge in [0.15, 0.2) is 0 Å². The number of amides is 1. The fourth-order valence-electron chi connectivity index (χ4n) is 3.42. The number of nitrogens with zero attached hydrogens (tertiary/aromatic N) is 1. The van der Waals surface area contributed by atoms with Crippen molar-refractivity contribution in [3.63, 3.8) is 0 Å². The first kappa shape index (κ1) is 16.1. The number of carbonyl (C=O) groups excluding carboxylic acids is 1. The molecule has 5 nitrogen and oxygen atoms in total. The number of aromatic nitrogens is 2. The molecular weight excluding hydrogens is 326 g/mol. The van der Waals surface area contributed by atoms with E-state index in [1.54, 1.807) is 19.1 Å². The molecule has 2 N–H and O–H groups in total. The molecule has 2 aromatic heterocycles. The van der Waals surface area contributed by atoms with Crippen LogP contribution in [-0.4, -0.2) is 15.5 Å². The number of rotatable bonds is 3. The van der Waals surface area contributed by atoms with Crippen LogP contribution in [0.5, 0.6) is 0 Å². The number of hydrogen-bond acceptors (Lipinski definition) is 2. The van der Waals surface area contributed by atoms with Crippen LogP contribution in [0.4, 0.5) is 5.69 Å². The molecule has 1 amide bonds. The van der Waals surface area contributed by atoms with E-state index >= 15 is 0 Å². The summed E-state index contributed by atoms with van der Waals surface area (Å²) in [5.74, 6) is -0.412. The lowest BCUT2D eigenvalue weighted by Crippen LogP contribution is -2.23. The molecule has 2 aromatic carbocycles. The molecular formula is C21H19N3O2. The van der Waals surface area contributed by atoms with E-state index in [1.807, 2.05) is 30.3 Å². The van der Waals surface area contributed by atoms with Gasteiger partial charge in [-0.05, 0) is 50.2 Å². The average Bonchev–Trinajstić information content (AvgIpc) is 2.94. The molecule has 2 heterocycles. The Hall–Kier alpha value is -3.34. The van der Waals surface area contributed by atoms with Gasteiger partial charge in [0.2, 0.25) is 0 Å². The second-order valence-corrected chi connectivity index (χ2v) is 6.33. The van der Waals surface area contributed by atoms with Crippen LogP contribution in [0.2, 0.25) is 0 Å². The minimum atomic E-state index is -0.412. The Morgan fingerprint density at radius 3 is 2.58 bits per heavy atom. The van der Waals surface area contributed by atoms with Crippen LogP contribution >= 0.6 is 0 Å². The number of nitrogens with one attached hydrogen (secondary N) is 2. The summed E-state index contributed by atoms with van der Waals surface area (Å²) in [6, 6.07) is 17.3. The van der Waals surface area contributed by atoms with E-state index in [2.05, 4.69) is 33.9 Å². The summed E-state index contributed by atoms with van der Waals surface area (Å²) in [7, 11) is 0. The number of aromatic amines is 1. The van der Waals surface area contributed by atoms with Gasteiger partial charge in [0, 0.05) is 39.7 Å². The highest BCUT2D eigenvalue weighted by molar-refractivity contribution is 6.11. The van der Waals surface area contributed by atoms with Crippen molar-refractivity contribution in [1.29, 1.82) is 0 Å². The molecule has 0 fully saturated rings. The molecule has 4 rings (SSSR count). The van der Waals surface area contributed by atoms with Crippen molar-refractivity contribution in [3.8, 4) is 0 Å². The van der Waals surface area contributed by atoms with Crippen LogP contribution in [0.25, 0.3) is 21.8 Å². The number of benzene rings is 2. The minimum absolute atomic E-state index is 0.103. The van der Waals surface area contributed by atoms with Gasteiger partial charge in [0.1, 0.15) is 5.56 Å². The molecule has 4 aromatic rings. The summed E-state index contributed by atoms with van der Waals surface area (Å²) in [4.78, 5) is 27.1.